The molecule has 0 aliphatic heterocycles. The second-order valence-electron chi connectivity index (χ2n) is 7.46. The fourth-order valence-electron chi connectivity index (χ4n) is 3.34. The Bertz CT molecular complexity index is 1360. The normalized spacial score (nSPS) is 11.6. The molecule has 0 bridgehead atoms. The standard InChI is InChI=1S/C25H25Cl2N3O5S/c1-4-22(17-8-13-23(34-2)24(14-17)35-3)28-29-25(31)16-30(20-7-5-6-19(27)15-20)36(32,33)21-11-9-18(26)10-12-21/h5-15H,4,16H2,1-3H3,(H,29,31)/b28-22-. The number of carbonyl (C=O) groups excluding carboxylic acids is 1. The summed E-state index contributed by atoms with van der Waals surface area (Å²) in [5.41, 5.74) is 3.98. The van der Waals surface area contributed by atoms with Crippen LogP contribution in [0.25, 0.3) is 0 Å². The summed E-state index contributed by atoms with van der Waals surface area (Å²) in [6.45, 7) is 1.35. The van der Waals surface area contributed by atoms with Crippen molar-refractivity contribution in [1.82, 2.24) is 5.43 Å². The van der Waals surface area contributed by atoms with E-state index in [9.17, 15) is 13.2 Å². The first-order valence-corrected chi connectivity index (χ1v) is 13.0. The maximum atomic E-state index is 13.4. The summed E-state index contributed by atoms with van der Waals surface area (Å²) in [4.78, 5) is 12.9. The van der Waals surface area contributed by atoms with Gasteiger partial charge in [-0.3, -0.25) is 9.10 Å². The zero-order valence-electron chi connectivity index (χ0n) is 19.9. The number of hydrazone groups is 1. The number of carbonyl (C=O) groups is 1. The third kappa shape index (κ3) is 6.48. The first kappa shape index (κ1) is 27.3. The number of halogens is 2. The van der Waals surface area contributed by atoms with Crippen LogP contribution in [-0.2, 0) is 14.8 Å². The largest absolute Gasteiger partial charge is 0.493 e. The van der Waals surface area contributed by atoms with Crippen molar-refractivity contribution in [3.05, 3.63) is 82.3 Å². The Labute approximate surface area is 220 Å². The molecule has 0 fully saturated rings. The van der Waals surface area contributed by atoms with Gasteiger partial charge in [-0.25, -0.2) is 13.8 Å². The summed E-state index contributed by atoms with van der Waals surface area (Å²) in [6.07, 6.45) is 0.497. The third-order valence-electron chi connectivity index (χ3n) is 5.15. The maximum absolute atomic E-state index is 13.4. The third-order valence-corrected chi connectivity index (χ3v) is 7.43. The highest BCUT2D eigenvalue weighted by atomic mass is 35.5. The number of hydrogen-bond donors (Lipinski definition) is 1. The molecule has 3 aromatic carbocycles. The summed E-state index contributed by atoms with van der Waals surface area (Å²) in [5.74, 6) is 0.438. The zero-order chi connectivity index (χ0) is 26.3. The summed E-state index contributed by atoms with van der Waals surface area (Å²) >= 11 is 12.0. The van der Waals surface area contributed by atoms with Crippen LogP contribution in [0.5, 0.6) is 11.5 Å². The molecule has 8 nitrogen and oxygen atoms in total. The highest BCUT2D eigenvalue weighted by molar-refractivity contribution is 7.92. The molecule has 0 atom stereocenters. The van der Waals surface area contributed by atoms with Gasteiger partial charge >= 0.3 is 0 Å². The van der Waals surface area contributed by atoms with E-state index in [0.717, 1.165) is 9.87 Å². The Morgan fingerprint density at radius 1 is 0.944 bits per heavy atom. The molecular formula is C25H25Cl2N3O5S. The lowest BCUT2D eigenvalue weighted by Gasteiger charge is -2.24. The van der Waals surface area contributed by atoms with Gasteiger partial charge in [0.05, 0.1) is 30.5 Å². The molecule has 3 aromatic rings. The number of nitrogens with one attached hydrogen (secondary N) is 1. The predicted octanol–water partition coefficient (Wildman–Crippen LogP) is 5.14. The van der Waals surface area contributed by atoms with E-state index in [0.29, 0.717) is 33.7 Å². The molecule has 0 aliphatic carbocycles. The number of nitrogens with zero attached hydrogens (tertiary/aromatic N) is 2. The molecular weight excluding hydrogens is 525 g/mol. The van der Waals surface area contributed by atoms with Crippen LogP contribution in [0.1, 0.15) is 18.9 Å². The van der Waals surface area contributed by atoms with Gasteiger partial charge in [0.15, 0.2) is 11.5 Å². The highest BCUT2D eigenvalue weighted by Crippen LogP contribution is 2.29. The molecule has 3 rings (SSSR count). The molecule has 11 heteroatoms. The fourth-order valence-corrected chi connectivity index (χ4v) is 5.06. The monoisotopic (exact) mass is 549 g/mol. The minimum absolute atomic E-state index is 0.0252. The van der Waals surface area contributed by atoms with Crippen molar-refractivity contribution >= 4 is 50.5 Å². The van der Waals surface area contributed by atoms with E-state index in [4.69, 9.17) is 32.7 Å². The summed E-state index contributed by atoms with van der Waals surface area (Å²) in [7, 11) is -1.06. The van der Waals surface area contributed by atoms with Gasteiger partial charge in [-0.1, -0.05) is 36.2 Å². The van der Waals surface area contributed by atoms with Crippen molar-refractivity contribution in [3.8, 4) is 11.5 Å². The highest BCUT2D eigenvalue weighted by Gasteiger charge is 2.27. The first-order chi connectivity index (χ1) is 17.2. The maximum Gasteiger partial charge on any atom is 0.264 e. The van der Waals surface area contributed by atoms with Crippen molar-refractivity contribution in [2.75, 3.05) is 25.1 Å². The van der Waals surface area contributed by atoms with Crippen LogP contribution in [0.4, 0.5) is 5.69 Å². The number of rotatable bonds is 10. The van der Waals surface area contributed by atoms with Gasteiger partial charge in [0.2, 0.25) is 0 Å². The molecule has 0 aromatic heterocycles. The van der Waals surface area contributed by atoms with Gasteiger partial charge in [-0.2, -0.15) is 5.10 Å². The van der Waals surface area contributed by atoms with Crippen LogP contribution in [0, 0.1) is 0 Å². The van der Waals surface area contributed by atoms with Gasteiger partial charge in [-0.05, 0) is 67.1 Å². The molecule has 0 saturated heterocycles. The first-order valence-electron chi connectivity index (χ1n) is 10.8. The zero-order valence-corrected chi connectivity index (χ0v) is 22.2. The average Bonchev–Trinajstić information content (AvgIpc) is 2.87. The van der Waals surface area contributed by atoms with Crippen molar-refractivity contribution in [2.45, 2.75) is 18.2 Å². The minimum Gasteiger partial charge on any atom is -0.493 e. The molecule has 0 spiro atoms. The second kappa shape index (κ2) is 12.1. The molecule has 36 heavy (non-hydrogen) atoms. The molecule has 1 amide bonds. The predicted molar refractivity (Wildman–Crippen MR) is 142 cm³/mol. The van der Waals surface area contributed by atoms with Gasteiger partial charge in [0.1, 0.15) is 6.54 Å². The second-order valence-corrected chi connectivity index (χ2v) is 10.2. The number of anilines is 1. The molecule has 0 radical (unpaired) electrons. The Morgan fingerprint density at radius 2 is 1.64 bits per heavy atom. The Kier molecular flexibility index (Phi) is 9.19. The lowest BCUT2D eigenvalue weighted by molar-refractivity contribution is -0.119. The molecule has 1 N–H and O–H groups in total. The van der Waals surface area contributed by atoms with Crippen LogP contribution in [0.2, 0.25) is 10.0 Å². The Morgan fingerprint density at radius 3 is 2.25 bits per heavy atom. The van der Waals surface area contributed by atoms with E-state index in [-0.39, 0.29) is 10.6 Å². The van der Waals surface area contributed by atoms with Crippen molar-refractivity contribution in [2.24, 2.45) is 5.10 Å². The smallest absolute Gasteiger partial charge is 0.264 e. The van der Waals surface area contributed by atoms with E-state index in [1.165, 1.54) is 44.6 Å². The van der Waals surface area contributed by atoms with Gasteiger partial charge in [-0.15, -0.1) is 0 Å². The van der Waals surface area contributed by atoms with Gasteiger partial charge in [0, 0.05) is 15.6 Å². The van der Waals surface area contributed by atoms with Crippen LogP contribution < -0.4 is 19.2 Å². The molecule has 0 unspecified atom stereocenters. The summed E-state index contributed by atoms with van der Waals surface area (Å²) < 4.78 is 38.4. The fraction of sp³-hybridized carbons (Fsp3) is 0.200. The van der Waals surface area contributed by atoms with E-state index >= 15 is 0 Å². The van der Waals surface area contributed by atoms with E-state index in [1.807, 2.05) is 6.92 Å². The number of sulfonamides is 1. The van der Waals surface area contributed by atoms with E-state index in [1.54, 1.807) is 36.4 Å². The average molecular weight is 550 g/mol. The quantitative estimate of drug-likeness (QED) is 0.279. The summed E-state index contributed by atoms with van der Waals surface area (Å²) in [5, 5.41) is 4.94. The summed E-state index contributed by atoms with van der Waals surface area (Å²) in [6, 6.07) is 17.2. The van der Waals surface area contributed by atoms with E-state index < -0.39 is 22.5 Å². The van der Waals surface area contributed by atoms with E-state index in [2.05, 4.69) is 10.5 Å². The SMILES string of the molecule is CC/C(=N/NC(=O)CN(c1cccc(Cl)c1)S(=O)(=O)c1ccc(Cl)cc1)c1ccc(OC)c(OC)c1. The minimum atomic E-state index is -4.12. The van der Waals surface area contributed by atoms with Crippen LogP contribution in [-0.4, -0.2) is 40.8 Å². The number of benzene rings is 3. The number of amides is 1. The topological polar surface area (TPSA) is 97.3 Å². The van der Waals surface area contributed by atoms with Crippen molar-refractivity contribution in [1.29, 1.82) is 0 Å². The van der Waals surface area contributed by atoms with Crippen LogP contribution >= 0.6 is 23.2 Å². The number of methoxy groups -OCH3 is 2. The lowest BCUT2D eigenvalue weighted by atomic mass is 10.1. The van der Waals surface area contributed by atoms with Crippen molar-refractivity contribution in [3.63, 3.8) is 0 Å². The van der Waals surface area contributed by atoms with Crippen molar-refractivity contribution < 1.29 is 22.7 Å². The Hall–Kier alpha value is -3.27. The molecule has 0 saturated carbocycles. The van der Waals surface area contributed by atoms with Crippen LogP contribution in [0.3, 0.4) is 0 Å². The van der Waals surface area contributed by atoms with Gasteiger partial charge < -0.3 is 9.47 Å². The number of hydrogen-bond acceptors (Lipinski definition) is 6. The molecule has 0 aliphatic rings. The van der Waals surface area contributed by atoms with Crippen LogP contribution in [0.15, 0.2) is 76.7 Å². The molecule has 190 valence electrons. The molecule has 0 heterocycles. The number of ether oxygens (including phenoxy) is 2. The van der Waals surface area contributed by atoms with Gasteiger partial charge in [0.25, 0.3) is 15.9 Å². The Balaban J connectivity index is 1.89. The lowest BCUT2D eigenvalue weighted by Crippen LogP contribution is -2.39.